The fourth-order valence-corrected chi connectivity index (χ4v) is 4.36. The summed E-state index contributed by atoms with van der Waals surface area (Å²) < 4.78 is 43.4. The molecule has 0 radical (unpaired) electrons. The van der Waals surface area contributed by atoms with Gasteiger partial charge in [0, 0.05) is 17.2 Å². The third-order valence-corrected chi connectivity index (χ3v) is 5.99. The summed E-state index contributed by atoms with van der Waals surface area (Å²) in [6.45, 7) is 1.73. The molecule has 0 saturated heterocycles. The molecule has 2 aromatic carbocycles. The molecule has 0 aromatic heterocycles. The molecule has 1 fully saturated rings. The lowest BCUT2D eigenvalue weighted by molar-refractivity contribution is -0.197. The fourth-order valence-electron chi connectivity index (χ4n) is 4.36. The van der Waals surface area contributed by atoms with Gasteiger partial charge in [0.05, 0.1) is 0 Å². The van der Waals surface area contributed by atoms with E-state index in [2.05, 4.69) is 4.99 Å². The monoisotopic (exact) mass is 443 g/mol. The van der Waals surface area contributed by atoms with E-state index in [1.807, 2.05) is 5.32 Å². The van der Waals surface area contributed by atoms with Crippen LogP contribution in [-0.2, 0) is 4.79 Å². The molecule has 168 valence electrons. The van der Waals surface area contributed by atoms with Crippen molar-refractivity contribution >= 4 is 17.6 Å². The number of alkyl halides is 3. The number of carbonyl (C=O) groups excluding carboxylic acids is 2. The molecule has 1 aliphatic carbocycles. The number of nitrogens with one attached hydrogen (secondary N) is 1. The van der Waals surface area contributed by atoms with Gasteiger partial charge < -0.3 is 5.32 Å². The van der Waals surface area contributed by atoms with E-state index in [0.717, 1.165) is 19.3 Å². The van der Waals surface area contributed by atoms with E-state index in [4.69, 9.17) is 0 Å². The normalized spacial score (nSPS) is 22.1. The van der Waals surface area contributed by atoms with Gasteiger partial charge in [0.25, 0.3) is 11.8 Å². The number of hydrogen-bond donors (Lipinski definition) is 1. The van der Waals surface area contributed by atoms with E-state index in [9.17, 15) is 22.8 Å². The maximum Gasteiger partial charge on any atom is 0.442 e. The van der Waals surface area contributed by atoms with Gasteiger partial charge in [-0.1, -0.05) is 67.3 Å². The Balaban J connectivity index is 1.81. The van der Waals surface area contributed by atoms with Crippen LogP contribution in [0, 0.1) is 6.92 Å². The summed E-state index contributed by atoms with van der Waals surface area (Å²) in [6.07, 6.45) is -1.30. The number of hydrogen-bond acceptors (Lipinski definition) is 3. The minimum atomic E-state index is -5.12. The second-order valence-electron chi connectivity index (χ2n) is 8.30. The second kappa shape index (κ2) is 8.41. The van der Waals surface area contributed by atoms with Crippen LogP contribution in [0.2, 0.25) is 0 Å². The van der Waals surface area contributed by atoms with E-state index in [-0.39, 0.29) is 11.4 Å². The van der Waals surface area contributed by atoms with Crippen LogP contribution in [-0.4, -0.2) is 40.4 Å². The first-order valence-corrected chi connectivity index (χ1v) is 10.7. The highest BCUT2D eigenvalue weighted by Gasteiger charge is 2.67. The van der Waals surface area contributed by atoms with Crippen molar-refractivity contribution < 1.29 is 22.8 Å². The molecule has 1 aliphatic heterocycles. The summed E-state index contributed by atoms with van der Waals surface area (Å²) in [5, 5.41) is 1.95. The summed E-state index contributed by atoms with van der Waals surface area (Å²) in [5.41, 5.74) is -2.21. The highest BCUT2D eigenvalue weighted by atomic mass is 19.4. The molecule has 1 heterocycles. The number of amides is 2. The quantitative estimate of drug-likeness (QED) is 0.751. The van der Waals surface area contributed by atoms with E-state index < -0.39 is 29.7 Å². The Morgan fingerprint density at radius 1 is 1.06 bits per heavy atom. The number of rotatable bonds is 4. The van der Waals surface area contributed by atoms with Gasteiger partial charge >= 0.3 is 11.8 Å². The van der Waals surface area contributed by atoms with Gasteiger partial charge in [-0.25, -0.2) is 4.99 Å². The number of halogens is 3. The molecule has 5 nitrogen and oxygen atoms in total. The van der Waals surface area contributed by atoms with Crippen LogP contribution < -0.4 is 5.32 Å². The standard InChI is InChI=1S/C24H24F3N3O2/c1-16-9-8-12-18(15-16)21(31)29-23(24(25,26)27)22(32)30(19-13-6-3-7-14-19)20(28-23)17-10-4-2-5-11-17/h2,4-5,8-12,15,19H,3,6-7,13-14H2,1H3,(H,29,31)/t23-/m0/s1. The van der Waals surface area contributed by atoms with Crippen LogP contribution in [0.4, 0.5) is 13.2 Å². The van der Waals surface area contributed by atoms with Gasteiger partial charge in [-0.05, 0) is 31.9 Å². The zero-order valence-electron chi connectivity index (χ0n) is 17.7. The van der Waals surface area contributed by atoms with Crippen molar-refractivity contribution in [1.29, 1.82) is 0 Å². The van der Waals surface area contributed by atoms with Crippen molar-refractivity contribution in [3.8, 4) is 0 Å². The van der Waals surface area contributed by atoms with Crippen molar-refractivity contribution in [2.75, 3.05) is 0 Å². The maximum atomic E-state index is 14.5. The van der Waals surface area contributed by atoms with Crippen LogP contribution in [0.1, 0.15) is 53.6 Å². The maximum absolute atomic E-state index is 14.5. The van der Waals surface area contributed by atoms with Gasteiger partial charge in [0.2, 0.25) is 0 Å². The van der Waals surface area contributed by atoms with E-state index in [0.29, 0.717) is 24.0 Å². The SMILES string of the molecule is Cc1cccc(C(=O)N[C@@]2(C(F)(F)F)N=C(c3ccccc3)N(C3CCCCC3)C2=O)c1. The third kappa shape index (κ3) is 3.89. The van der Waals surface area contributed by atoms with Crippen molar-refractivity contribution in [3.63, 3.8) is 0 Å². The molecule has 0 unspecified atom stereocenters. The molecular weight excluding hydrogens is 419 g/mol. The number of aliphatic imine (C=N–C) groups is 1. The number of carbonyl (C=O) groups is 2. The number of nitrogens with zero attached hydrogens (tertiary/aromatic N) is 2. The lowest BCUT2D eigenvalue weighted by Gasteiger charge is -2.34. The predicted molar refractivity (Wildman–Crippen MR) is 114 cm³/mol. The Morgan fingerprint density at radius 2 is 1.75 bits per heavy atom. The van der Waals surface area contributed by atoms with E-state index >= 15 is 0 Å². The van der Waals surface area contributed by atoms with Gasteiger partial charge in [-0.15, -0.1) is 0 Å². The molecule has 4 rings (SSSR count). The Kier molecular flexibility index (Phi) is 5.79. The second-order valence-corrected chi connectivity index (χ2v) is 8.30. The van der Waals surface area contributed by atoms with Crippen LogP contribution >= 0.6 is 0 Å². The van der Waals surface area contributed by atoms with Gasteiger partial charge in [-0.2, -0.15) is 13.2 Å². The van der Waals surface area contributed by atoms with Crippen LogP contribution in [0.5, 0.6) is 0 Å². The third-order valence-electron chi connectivity index (χ3n) is 5.99. The van der Waals surface area contributed by atoms with E-state index in [1.54, 1.807) is 49.4 Å². The van der Waals surface area contributed by atoms with Crippen LogP contribution in [0.15, 0.2) is 59.6 Å². The van der Waals surface area contributed by atoms with Gasteiger partial charge in [-0.3, -0.25) is 14.5 Å². The molecule has 2 aromatic rings. The van der Waals surface area contributed by atoms with Crippen LogP contribution in [0.3, 0.4) is 0 Å². The Bertz CT molecular complexity index is 1050. The zero-order chi connectivity index (χ0) is 22.9. The Labute approximate surface area is 184 Å². The summed E-state index contributed by atoms with van der Waals surface area (Å²) >= 11 is 0. The molecule has 1 atom stereocenters. The molecule has 1 saturated carbocycles. The van der Waals surface area contributed by atoms with Gasteiger partial charge in [0.15, 0.2) is 0 Å². The smallest absolute Gasteiger partial charge is 0.312 e. The molecule has 0 bridgehead atoms. The highest BCUT2D eigenvalue weighted by molar-refractivity contribution is 6.17. The van der Waals surface area contributed by atoms with Crippen molar-refractivity contribution in [3.05, 3.63) is 71.3 Å². The molecular formula is C24H24F3N3O2. The van der Waals surface area contributed by atoms with Crippen molar-refractivity contribution in [2.45, 2.75) is 56.9 Å². The average Bonchev–Trinajstić information content (AvgIpc) is 3.08. The predicted octanol–water partition coefficient (Wildman–Crippen LogP) is 4.61. The first-order valence-electron chi connectivity index (χ1n) is 10.7. The highest BCUT2D eigenvalue weighted by Crippen LogP contribution is 2.41. The summed E-state index contributed by atoms with van der Waals surface area (Å²) in [7, 11) is 0. The first kappa shape index (κ1) is 22.0. The Hall–Kier alpha value is -3.16. The molecule has 2 amide bonds. The van der Waals surface area contributed by atoms with Crippen molar-refractivity contribution in [1.82, 2.24) is 10.2 Å². The summed E-state index contributed by atoms with van der Waals surface area (Å²) in [5.74, 6) is -2.30. The minimum absolute atomic E-state index is 0.0361. The fraction of sp³-hybridized carbons (Fsp3) is 0.375. The average molecular weight is 443 g/mol. The molecule has 32 heavy (non-hydrogen) atoms. The number of aryl methyl sites for hydroxylation is 1. The number of benzene rings is 2. The largest absolute Gasteiger partial charge is 0.442 e. The molecule has 1 N–H and O–H groups in total. The lowest BCUT2D eigenvalue weighted by Crippen LogP contribution is -2.64. The zero-order valence-corrected chi connectivity index (χ0v) is 17.7. The summed E-state index contributed by atoms with van der Waals surface area (Å²) in [4.78, 5) is 31.4. The van der Waals surface area contributed by atoms with E-state index in [1.165, 1.54) is 17.0 Å². The molecule has 2 aliphatic rings. The topological polar surface area (TPSA) is 61.8 Å². The minimum Gasteiger partial charge on any atom is -0.312 e. The molecule has 0 spiro atoms. The van der Waals surface area contributed by atoms with Crippen LogP contribution in [0.25, 0.3) is 0 Å². The number of amidine groups is 1. The molecule has 8 heteroatoms. The van der Waals surface area contributed by atoms with Crippen molar-refractivity contribution in [2.24, 2.45) is 4.99 Å². The lowest BCUT2D eigenvalue weighted by atomic mass is 9.93. The summed E-state index contributed by atoms with van der Waals surface area (Å²) in [6, 6.07) is 14.1. The first-order chi connectivity index (χ1) is 15.2. The Morgan fingerprint density at radius 3 is 2.38 bits per heavy atom. The van der Waals surface area contributed by atoms with Gasteiger partial charge in [0.1, 0.15) is 5.84 Å².